The van der Waals surface area contributed by atoms with Gasteiger partial charge in [0.25, 0.3) is 0 Å². The lowest BCUT2D eigenvalue weighted by atomic mass is 9.82. The standard InChI is InChI=1S/C13H12F4N2O/c14-9-3-1-8(2-4-9)12(20-13(15,16)17)7-10(18)5-6-11(12)19/h1-7,11H,18-19H2. The molecule has 0 aliphatic heterocycles. The molecule has 2 rings (SSSR count). The minimum atomic E-state index is -4.92. The monoisotopic (exact) mass is 288 g/mol. The van der Waals surface area contributed by atoms with Crippen LogP contribution in [0.3, 0.4) is 0 Å². The molecule has 1 aromatic rings. The van der Waals surface area contributed by atoms with Gasteiger partial charge in [0, 0.05) is 5.70 Å². The summed E-state index contributed by atoms with van der Waals surface area (Å²) < 4.78 is 55.3. The molecule has 0 heterocycles. The first kappa shape index (κ1) is 14.5. The fourth-order valence-corrected chi connectivity index (χ4v) is 2.08. The summed E-state index contributed by atoms with van der Waals surface area (Å²) in [6, 6.07) is 3.33. The molecule has 1 aromatic carbocycles. The largest absolute Gasteiger partial charge is 0.523 e. The molecule has 4 N–H and O–H groups in total. The first-order valence-electron chi connectivity index (χ1n) is 5.68. The van der Waals surface area contributed by atoms with E-state index in [0.29, 0.717) is 0 Å². The maximum atomic E-state index is 12.9. The Morgan fingerprint density at radius 3 is 2.30 bits per heavy atom. The lowest BCUT2D eigenvalue weighted by Crippen LogP contribution is -2.49. The van der Waals surface area contributed by atoms with Gasteiger partial charge in [0.2, 0.25) is 0 Å². The van der Waals surface area contributed by atoms with Crippen LogP contribution >= 0.6 is 0 Å². The average Bonchev–Trinajstić information content (AvgIpc) is 2.33. The molecule has 7 heteroatoms. The van der Waals surface area contributed by atoms with E-state index >= 15 is 0 Å². The number of ether oxygens (including phenoxy) is 1. The van der Waals surface area contributed by atoms with Gasteiger partial charge in [-0.2, -0.15) is 0 Å². The molecule has 0 bridgehead atoms. The molecule has 1 aliphatic carbocycles. The number of alkyl halides is 3. The number of nitrogens with two attached hydrogens (primary N) is 2. The van der Waals surface area contributed by atoms with Crippen molar-refractivity contribution >= 4 is 0 Å². The van der Waals surface area contributed by atoms with E-state index in [-0.39, 0.29) is 11.3 Å². The van der Waals surface area contributed by atoms with Gasteiger partial charge in [0.1, 0.15) is 11.4 Å². The fraction of sp³-hybridized carbons (Fsp3) is 0.231. The molecule has 20 heavy (non-hydrogen) atoms. The van der Waals surface area contributed by atoms with Crippen LogP contribution in [-0.2, 0) is 10.3 Å². The van der Waals surface area contributed by atoms with Gasteiger partial charge in [-0.3, -0.25) is 4.74 Å². The van der Waals surface area contributed by atoms with Crippen LogP contribution in [-0.4, -0.2) is 12.4 Å². The predicted octanol–water partition coefficient (Wildman–Crippen LogP) is 2.30. The number of hydrogen-bond donors (Lipinski definition) is 2. The Morgan fingerprint density at radius 1 is 1.15 bits per heavy atom. The van der Waals surface area contributed by atoms with Gasteiger partial charge in [-0.15, -0.1) is 13.2 Å². The summed E-state index contributed by atoms with van der Waals surface area (Å²) in [5, 5.41) is 0. The topological polar surface area (TPSA) is 61.3 Å². The second kappa shape index (κ2) is 4.92. The van der Waals surface area contributed by atoms with Crippen molar-refractivity contribution in [3.8, 4) is 0 Å². The van der Waals surface area contributed by atoms with E-state index in [1.165, 1.54) is 24.3 Å². The molecule has 0 spiro atoms. The van der Waals surface area contributed by atoms with Crippen molar-refractivity contribution in [2.45, 2.75) is 18.0 Å². The van der Waals surface area contributed by atoms with Crippen LogP contribution < -0.4 is 11.5 Å². The average molecular weight is 288 g/mol. The molecule has 2 atom stereocenters. The van der Waals surface area contributed by atoms with Crippen molar-refractivity contribution in [2.24, 2.45) is 11.5 Å². The smallest absolute Gasteiger partial charge is 0.399 e. The quantitative estimate of drug-likeness (QED) is 0.821. The summed E-state index contributed by atoms with van der Waals surface area (Å²) in [5.41, 5.74) is 9.44. The zero-order chi connectivity index (χ0) is 15.0. The minimum Gasteiger partial charge on any atom is -0.399 e. The van der Waals surface area contributed by atoms with Crippen molar-refractivity contribution in [3.05, 3.63) is 59.6 Å². The Bertz CT molecular complexity index is 550. The van der Waals surface area contributed by atoms with Gasteiger partial charge in [-0.25, -0.2) is 4.39 Å². The van der Waals surface area contributed by atoms with Crippen molar-refractivity contribution < 1.29 is 22.3 Å². The number of benzene rings is 1. The van der Waals surface area contributed by atoms with Crippen LogP contribution in [0, 0.1) is 5.82 Å². The first-order valence-corrected chi connectivity index (χ1v) is 5.68. The van der Waals surface area contributed by atoms with E-state index in [1.54, 1.807) is 0 Å². The number of allylic oxidation sites excluding steroid dienone is 1. The number of hydrogen-bond acceptors (Lipinski definition) is 3. The zero-order valence-electron chi connectivity index (χ0n) is 10.2. The van der Waals surface area contributed by atoms with Gasteiger partial charge in [0.15, 0.2) is 0 Å². The predicted molar refractivity (Wildman–Crippen MR) is 64.6 cm³/mol. The highest BCUT2D eigenvalue weighted by Gasteiger charge is 2.48. The lowest BCUT2D eigenvalue weighted by molar-refractivity contribution is -0.363. The maximum absolute atomic E-state index is 12.9. The Hall–Kier alpha value is -1.86. The maximum Gasteiger partial charge on any atom is 0.523 e. The summed E-state index contributed by atoms with van der Waals surface area (Å²) in [5.74, 6) is -0.576. The molecule has 0 saturated carbocycles. The van der Waals surface area contributed by atoms with Crippen LogP contribution in [0.1, 0.15) is 5.56 Å². The summed E-state index contributed by atoms with van der Waals surface area (Å²) in [4.78, 5) is 0. The lowest BCUT2D eigenvalue weighted by Gasteiger charge is -2.37. The summed E-state index contributed by atoms with van der Waals surface area (Å²) >= 11 is 0. The third-order valence-electron chi connectivity index (χ3n) is 2.95. The molecule has 0 fully saturated rings. The second-order valence-corrected chi connectivity index (χ2v) is 4.38. The molecule has 3 nitrogen and oxygen atoms in total. The molecular weight excluding hydrogens is 276 g/mol. The molecule has 0 radical (unpaired) electrons. The zero-order valence-corrected chi connectivity index (χ0v) is 10.2. The fourth-order valence-electron chi connectivity index (χ4n) is 2.08. The van der Waals surface area contributed by atoms with E-state index < -0.39 is 23.8 Å². The van der Waals surface area contributed by atoms with Crippen LogP contribution in [0.15, 0.2) is 48.2 Å². The highest BCUT2D eigenvalue weighted by Crippen LogP contribution is 2.39. The highest BCUT2D eigenvalue weighted by atomic mass is 19.4. The Morgan fingerprint density at radius 2 is 1.75 bits per heavy atom. The molecule has 2 unspecified atom stereocenters. The van der Waals surface area contributed by atoms with Gasteiger partial charge in [-0.1, -0.05) is 18.2 Å². The van der Waals surface area contributed by atoms with Gasteiger partial charge in [-0.05, 0) is 29.8 Å². The highest BCUT2D eigenvalue weighted by molar-refractivity contribution is 5.39. The summed E-state index contributed by atoms with van der Waals surface area (Å²) in [6.45, 7) is 0. The normalized spacial score (nSPS) is 26.4. The molecular formula is C13H12F4N2O. The van der Waals surface area contributed by atoms with Gasteiger partial charge in [0.05, 0.1) is 6.04 Å². The van der Waals surface area contributed by atoms with E-state index in [9.17, 15) is 17.6 Å². The molecule has 0 amide bonds. The van der Waals surface area contributed by atoms with Crippen molar-refractivity contribution in [2.75, 3.05) is 0 Å². The van der Waals surface area contributed by atoms with E-state index in [0.717, 1.165) is 18.2 Å². The van der Waals surface area contributed by atoms with Gasteiger partial charge < -0.3 is 11.5 Å². The van der Waals surface area contributed by atoms with Crippen LogP contribution in [0.5, 0.6) is 0 Å². The van der Waals surface area contributed by atoms with Crippen molar-refractivity contribution in [1.29, 1.82) is 0 Å². The Labute approximate surface area is 112 Å². The molecule has 108 valence electrons. The Balaban J connectivity index is 2.55. The third kappa shape index (κ3) is 2.83. The minimum absolute atomic E-state index is 0.0658. The van der Waals surface area contributed by atoms with Crippen molar-refractivity contribution in [1.82, 2.24) is 0 Å². The van der Waals surface area contributed by atoms with Crippen LogP contribution in [0.25, 0.3) is 0 Å². The van der Waals surface area contributed by atoms with Gasteiger partial charge >= 0.3 is 6.36 Å². The number of rotatable bonds is 2. The third-order valence-corrected chi connectivity index (χ3v) is 2.95. The SMILES string of the molecule is NC1=CC(OC(F)(F)F)(c2ccc(F)cc2)C(N)C=C1. The second-order valence-electron chi connectivity index (χ2n) is 4.38. The Kier molecular flexibility index (Phi) is 3.58. The van der Waals surface area contributed by atoms with Crippen LogP contribution in [0.2, 0.25) is 0 Å². The first-order chi connectivity index (χ1) is 9.23. The summed E-state index contributed by atoms with van der Waals surface area (Å²) in [6.07, 6.45) is -1.14. The van der Waals surface area contributed by atoms with E-state index in [1.807, 2.05) is 0 Å². The molecule has 0 aromatic heterocycles. The number of halogens is 4. The summed E-state index contributed by atoms with van der Waals surface area (Å²) in [7, 11) is 0. The molecule has 0 saturated heterocycles. The molecule has 1 aliphatic rings. The van der Waals surface area contributed by atoms with Crippen LogP contribution in [0.4, 0.5) is 17.6 Å². The van der Waals surface area contributed by atoms with Crippen molar-refractivity contribution in [3.63, 3.8) is 0 Å². The van der Waals surface area contributed by atoms with E-state index in [4.69, 9.17) is 11.5 Å². The van der Waals surface area contributed by atoms with E-state index in [2.05, 4.69) is 4.74 Å².